The molecule has 2 heterocycles. The second-order valence-corrected chi connectivity index (χ2v) is 5.80. The third-order valence-corrected chi connectivity index (χ3v) is 4.02. The number of fused-ring (bicyclic) bond motifs is 1. The van der Waals surface area contributed by atoms with E-state index in [1.165, 1.54) is 5.56 Å². The topological polar surface area (TPSA) is 57.4 Å². The van der Waals surface area contributed by atoms with E-state index in [4.69, 9.17) is 14.0 Å². The number of nitrogens with zero attached hydrogens (tertiary/aromatic N) is 2. The summed E-state index contributed by atoms with van der Waals surface area (Å²) in [5.41, 5.74) is 0.685. The summed E-state index contributed by atoms with van der Waals surface area (Å²) in [5.74, 6) is 2.55. The summed E-state index contributed by atoms with van der Waals surface area (Å²) >= 11 is 0. The van der Waals surface area contributed by atoms with E-state index in [1.807, 2.05) is 32.0 Å². The van der Waals surface area contributed by atoms with Crippen LogP contribution in [0.2, 0.25) is 0 Å². The van der Waals surface area contributed by atoms with Crippen LogP contribution in [0.4, 0.5) is 0 Å². The molecule has 2 aromatic rings. The van der Waals surface area contributed by atoms with E-state index in [1.54, 1.807) is 7.11 Å². The van der Waals surface area contributed by atoms with Crippen molar-refractivity contribution in [1.29, 1.82) is 0 Å². The SMILES string of the molecule is COC(C)(C)c1noc(CC2CCOc3ccccc32)n1. The predicted molar refractivity (Wildman–Crippen MR) is 77.3 cm³/mol. The lowest BCUT2D eigenvalue weighted by Crippen LogP contribution is -2.21. The molecule has 0 saturated carbocycles. The van der Waals surface area contributed by atoms with Crippen LogP contribution in [0.5, 0.6) is 5.75 Å². The molecular formula is C16H20N2O3. The second kappa shape index (κ2) is 5.48. The standard InChI is InChI=1S/C16H20N2O3/c1-16(2,19-3)15-17-14(21-18-15)10-11-8-9-20-13-7-5-4-6-12(11)13/h4-7,11H,8-10H2,1-3H3. The Bertz CT molecular complexity index is 621. The molecule has 1 unspecified atom stereocenters. The molecule has 0 N–H and O–H groups in total. The van der Waals surface area contributed by atoms with Crippen molar-refractivity contribution in [3.63, 3.8) is 0 Å². The zero-order valence-corrected chi connectivity index (χ0v) is 12.6. The van der Waals surface area contributed by atoms with Crippen LogP contribution in [0.1, 0.15) is 43.5 Å². The van der Waals surface area contributed by atoms with Gasteiger partial charge in [-0.2, -0.15) is 4.98 Å². The van der Waals surface area contributed by atoms with Crippen LogP contribution in [0.25, 0.3) is 0 Å². The van der Waals surface area contributed by atoms with Gasteiger partial charge in [-0.15, -0.1) is 0 Å². The number of hydrogen-bond donors (Lipinski definition) is 0. The summed E-state index contributed by atoms with van der Waals surface area (Å²) in [5, 5.41) is 4.04. The molecule has 0 aliphatic carbocycles. The molecule has 1 aromatic heterocycles. The molecule has 21 heavy (non-hydrogen) atoms. The van der Waals surface area contributed by atoms with E-state index < -0.39 is 5.60 Å². The van der Waals surface area contributed by atoms with Crippen molar-refractivity contribution in [1.82, 2.24) is 10.1 Å². The van der Waals surface area contributed by atoms with Gasteiger partial charge in [-0.05, 0) is 37.8 Å². The van der Waals surface area contributed by atoms with Gasteiger partial charge in [0, 0.05) is 13.5 Å². The van der Waals surface area contributed by atoms with Gasteiger partial charge in [-0.1, -0.05) is 23.4 Å². The number of para-hydroxylation sites is 1. The van der Waals surface area contributed by atoms with Crippen molar-refractivity contribution >= 4 is 0 Å². The number of ether oxygens (including phenoxy) is 2. The van der Waals surface area contributed by atoms with Crippen molar-refractivity contribution in [2.75, 3.05) is 13.7 Å². The Morgan fingerprint density at radius 1 is 1.33 bits per heavy atom. The molecule has 0 spiro atoms. The molecule has 0 saturated heterocycles. The Balaban J connectivity index is 1.79. The average Bonchev–Trinajstić information content (AvgIpc) is 2.97. The zero-order valence-electron chi connectivity index (χ0n) is 12.6. The minimum atomic E-state index is -0.532. The number of methoxy groups -OCH3 is 1. The van der Waals surface area contributed by atoms with E-state index in [0.717, 1.165) is 25.2 Å². The zero-order chi connectivity index (χ0) is 14.9. The van der Waals surface area contributed by atoms with Crippen LogP contribution in [-0.2, 0) is 16.8 Å². The van der Waals surface area contributed by atoms with Crippen LogP contribution < -0.4 is 4.74 Å². The molecule has 0 amide bonds. The van der Waals surface area contributed by atoms with Crippen molar-refractivity contribution in [2.24, 2.45) is 0 Å². The first-order chi connectivity index (χ1) is 10.1. The molecule has 1 atom stereocenters. The number of hydrogen-bond acceptors (Lipinski definition) is 5. The first-order valence-corrected chi connectivity index (χ1v) is 7.20. The van der Waals surface area contributed by atoms with E-state index in [0.29, 0.717) is 17.6 Å². The highest BCUT2D eigenvalue weighted by molar-refractivity contribution is 5.38. The predicted octanol–water partition coefficient (Wildman–Crippen LogP) is 3.06. The summed E-state index contributed by atoms with van der Waals surface area (Å²) < 4.78 is 16.4. The van der Waals surface area contributed by atoms with Gasteiger partial charge < -0.3 is 14.0 Å². The molecule has 0 bridgehead atoms. The van der Waals surface area contributed by atoms with Gasteiger partial charge >= 0.3 is 0 Å². The number of aromatic nitrogens is 2. The molecular weight excluding hydrogens is 268 g/mol. The summed E-state index contributed by atoms with van der Waals surface area (Å²) in [4.78, 5) is 4.48. The minimum absolute atomic E-state index is 0.355. The molecule has 3 rings (SSSR count). The Kier molecular flexibility index (Phi) is 3.68. The number of benzene rings is 1. The van der Waals surface area contributed by atoms with Crippen molar-refractivity contribution in [3.8, 4) is 5.75 Å². The van der Waals surface area contributed by atoms with E-state index in [9.17, 15) is 0 Å². The van der Waals surface area contributed by atoms with Gasteiger partial charge in [0.1, 0.15) is 11.4 Å². The minimum Gasteiger partial charge on any atom is -0.493 e. The Labute approximate surface area is 124 Å². The second-order valence-electron chi connectivity index (χ2n) is 5.80. The lowest BCUT2D eigenvalue weighted by atomic mass is 9.90. The van der Waals surface area contributed by atoms with Crippen LogP contribution in [0, 0.1) is 0 Å². The summed E-state index contributed by atoms with van der Waals surface area (Å²) in [6, 6.07) is 8.14. The van der Waals surface area contributed by atoms with Gasteiger partial charge in [0.05, 0.1) is 6.61 Å². The Morgan fingerprint density at radius 2 is 2.14 bits per heavy atom. The maximum atomic E-state index is 5.68. The third-order valence-electron chi connectivity index (χ3n) is 4.02. The third kappa shape index (κ3) is 2.78. The fraction of sp³-hybridized carbons (Fsp3) is 0.500. The van der Waals surface area contributed by atoms with E-state index in [2.05, 4.69) is 16.2 Å². The van der Waals surface area contributed by atoms with Gasteiger partial charge in [-0.25, -0.2) is 0 Å². The Hall–Kier alpha value is -1.88. The first kappa shape index (κ1) is 14.1. The largest absolute Gasteiger partial charge is 0.493 e. The molecule has 5 heteroatoms. The van der Waals surface area contributed by atoms with E-state index in [-0.39, 0.29) is 0 Å². The monoisotopic (exact) mass is 288 g/mol. The van der Waals surface area contributed by atoms with Gasteiger partial charge in [0.15, 0.2) is 0 Å². The summed E-state index contributed by atoms with van der Waals surface area (Å²) in [7, 11) is 1.64. The normalized spacial score (nSPS) is 18.1. The van der Waals surface area contributed by atoms with Crippen molar-refractivity contribution < 1.29 is 14.0 Å². The summed E-state index contributed by atoms with van der Waals surface area (Å²) in [6.07, 6.45) is 1.69. The molecule has 0 radical (unpaired) electrons. The smallest absolute Gasteiger partial charge is 0.227 e. The van der Waals surface area contributed by atoms with Crippen LogP contribution >= 0.6 is 0 Å². The molecule has 5 nitrogen and oxygen atoms in total. The maximum absolute atomic E-state index is 5.68. The Morgan fingerprint density at radius 3 is 2.95 bits per heavy atom. The quantitative estimate of drug-likeness (QED) is 0.865. The average molecular weight is 288 g/mol. The van der Waals surface area contributed by atoms with E-state index >= 15 is 0 Å². The van der Waals surface area contributed by atoms with Crippen molar-refractivity contribution in [3.05, 3.63) is 41.5 Å². The number of rotatable bonds is 4. The highest BCUT2D eigenvalue weighted by atomic mass is 16.5. The fourth-order valence-corrected chi connectivity index (χ4v) is 2.51. The molecule has 1 aliphatic rings. The van der Waals surface area contributed by atoms with Crippen LogP contribution in [-0.4, -0.2) is 23.9 Å². The molecule has 112 valence electrons. The molecule has 1 aromatic carbocycles. The lowest BCUT2D eigenvalue weighted by molar-refractivity contribution is 0.00973. The lowest BCUT2D eigenvalue weighted by Gasteiger charge is -2.24. The van der Waals surface area contributed by atoms with Crippen LogP contribution in [0.3, 0.4) is 0 Å². The van der Waals surface area contributed by atoms with Gasteiger partial charge in [-0.3, -0.25) is 0 Å². The maximum Gasteiger partial charge on any atom is 0.227 e. The molecule has 1 aliphatic heterocycles. The summed E-state index contributed by atoms with van der Waals surface area (Å²) in [6.45, 7) is 4.57. The van der Waals surface area contributed by atoms with Gasteiger partial charge in [0.25, 0.3) is 0 Å². The first-order valence-electron chi connectivity index (χ1n) is 7.20. The van der Waals surface area contributed by atoms with Crippen molar-refractivity contribution in [2.45, 2.75) is 38.2 Å². The highest BCUT2D eigenvalue weighted by Crippen LogP contribution is 2.35. The highest BCUT2D eigenvalue weighted by Gasteiger charge is 2.28. The van der Waals surface area contributed by atoms with Gasteiger partial charge in [0.2, 0.25) is 11.7 Å². The van der Waals surface area contributed by atoms with Crippen LogP contribution in [0.15, 0.2) is 28.8 Å². The fourth-order valence-electron chi connectivity index (χ4n) is 2.51. The molecule has 0 fully saturated rings.